The van der Waals surface area contributed by atoms with Crippen LogP contribution in [0.5, 0.6) is 5.75 Å². The van der Waals surface area contributed by atoms with E-state index < -0.39 is 0 Å². The van der Waals surface area contributed by atoms with Gasteiger partial charge in [-0.05, 0) is 30.0 Å². The van der Waals surface area contributed by atoms with Gasteiger partial charge in [0.05, 0.1) is 13.7 Å². The van der Waals surface area contributed by atoms with Gasteiger partial charge < -0.3 is 15.2 Å². The van der Waals surface area contributed by atoms with Crippen LogP contribution in [0, 0.1) is 5.92 Å². The fourth-order valence-corrected chi connectivity index (χ4v) is 1.40. The van der Waals surface area contributed by atoms with Gasteiger partial charge in [-0.1, -0.05) is 13.8 Å². The van der Waals surface area contributed by atoms with Crippen molar-refractivity contribution in [1.82, 2.24) is 0 Å². The molecule has 0 amide bonds. The average molecular weight is 223 g/mol. The van der Waals surface area contributed by atoms with Crippen molar-refractivity contribution >= 4 is 5.69 Å². The van der Waals surface area contributed by atoms with Crippen LogP contribution < -0.4 is 10.5 Å². The van der Waals surface area contributed by atoms with Gasteiger partial charge in [-0.15, -0.1) is 0 Å². The molecule has 0 spiro atoms. The molecule has 2 N–H and O–H groups in total. The highest BCUT2D eigenvalue weighted by Crippen LogP contribution is 2.19. The summed E-state index contributed by atoms with van der Waals surface area (Å²) in [4.78, 5) is 0. The summed E-state index contributed by atoms with van der Waals surface area (Å²) in [5, 5.41) is 0. The molecule has 16 heavy (non-hydrogen) atoms. The van der Waals surface area contributed by atoms with Crippen LogP contribution in [0.2, 0.25) is 0 Å². The molecular weight excluding hydrogens is 202 g/mol. The normalized spacial score (nSPS) is 10.8. The molecule has 0 saturated heterocycles. The van der Waals surface area contributed by atoms with E-state index in [-0.39, 0.29) is 0 Å². The first kappa shape index (κ1) is 12.8. The highest BCUT2D eigenvalue weighted by atomic mass is 16.5. The van der Waals surface area contributed by atoms with Crippen molar-refractivity contribution in [3.8, 4) is 5.75 Å². The molecule has 0 bridgehead atoms. The molecule has 0 unspecified atom stereocenters. The first-order valence-electron chi connectivity index (χ1n) is 5.63. The Hall–Kier alpha value is -1.22. The minimum atomic E-state index is 0.591. The highest BCUT2D eigenvalue weighted by Gasteiger charge is 2.00. The molecule has 0 atom stereocenters. The molecule has 1 rings (SSSR count). The Morgan fingerprint density at radius 2 is 2.00 bits per heavy atom. The zero-order valence-electron chi connectivity index (χ0n) is 10.3. The van der Waals surface area contributed by atoms with E-state index in [1.165, 1.54) is 0 Å². The molecule has 0 fully saturated rings. The van der Waals surface area contributed by atoms with Gasteiger partial charge in [-0.2, -0.15) is 0 Å². The lowest BCUT2D eigenvalue weighted by Gasteiger charge is -2.08. The standard InChI is InChI=1S/C13H21NO2/c1-10(2)4-5-16-9-11-6-12(14)8-13(7-11)15-3/h6-8,10H,4-5,9,14H2,1-3H3. The minimum Gasteiger partial charge on any atom is -0.497 e. The van der Waals surface area contributed by atoms with Crippen LogP contribution in [-0.4, -0.2) is 13.7 Å². The molecule has 1 aromatic rings. The van der Waals surface area contributed by atoms with E-state index in [1.54, 1.807) is 13.2 Å². The number of nitrogens with two attached hydrogens (primary N) is 1. The Morgan fingerprint density at radius 3 is 2.62 bits per heavy atom. The van der Waals surface area contributed by atoms with Crippen LogP contribution in [0.4, 0.5) is 5.69 Å². The van der Waals surface area contributed by atoms with Gasteiger partial charge in [0.15, 0.2) is 0 Å². The quantitative estimate of drug-likeness (QED) is 0.595. The van der Waals surface area contributed by atoms with E-state index in [0.29, 0.717) is 18.2 Å². The summed E-state index contributed by atoms with van der Waals surface area (Å²) in [7, 11) is 1.64. The summed E-state index contributed by atoms with van der Waals surface area (Å²) in [6.07, 6.45) is 1.08. The summed E-state index contributed by atoms with van der Waals surface area (Å²) >= 11 is 0. The van der Waals surface area contributed by atoms with Gasteiger partial charge in [0.2, 0.25) is 0 Å². The Morgan fingerprint density at radius 1 is 1.25 bits per heavy atom. The second-order valence-corrected chi connectivity index (χ2v) is 4.35. The number of methoxy groups -OCH3 is 1. The number of benzene rings is 1. The fourth-order valence-electron chi connectivity index (χ4n) is 1.40. The topological polar surface area (TPSA) is 44.5 Å². The van der Waals surface area contributed by atoms with Gasteiger partial charge >= 0.3 is 0 Å². The van der Waals surface area contributed by atoms with Crippen molar-refractivity contribution in [3.63, 3.8) is 0 Å². The van der Waals surface area contributed by atoms with Gasteiger partial charge in [0, 0.05) is 18.4 Å². The molecule has 0 aromatic heterocycles. The van der Waals surface area contributed by atoms with Crippen LogP contribution in [0.1, 0.15) is 25.8 Å². The van der Waals surface area contributed by atoms with Crippen molar-refractivity contribution in [2.75, 3.05) is 19.5 Å². The maximum absolute atomic E-state index is 5.75. The maximum Gasteiger partial charge on any atom is 0.121 e. The molecule has 1 aromatic carbocycles. The lowest BCUT2D eigenvalue weighted by molar-refractivity contribution is 0.110. The lowest BCUT2D eigenvalue weighted by atomic mass is 10.1. The smallest absolute Gasteiger partial charge is 0.121 e. The predicted octanol–water partition coefficient (Wildman–Crippen LogP) is 2.84. The van der Waals surface area contributed by atoms with E-state index >= 15 is 0 Å². The Labute approximate surface area is 97.6 Å². The van der Waals surface area contributed by atoms with Crippen molar-refractivity contribution < 1.29 is 9.47 Å². The van der Waals surface area contributed by atoms with Crippen molar-refractivity contribution in [2.24, 2.45) is 5.92 Å². The lowest BCUT2D eigenvalue weighted by Crippen LogP contribution is -2.00. The van der Waals surface area contributed by atoms with Crippen LogP contribution in [0.15, 0.2) is 18.2 Å². The molecule has 0 heterocycles. The molecule has 0 aliphatic carbocycles. The second-order valence-electron chi connectivity index (χ2n) is 4.35. The van der Waals surface area contributed by atoms with Crippen molar-refractivity contribution in [2.45, 2.75) is 26.9 Å². The van der Waals surface area contributed by atoms with E-state index in [1.807, 2.05) is 12.1 Å². The molecular formula is C13H21NO2. The summed E-state index contributed by atoms with van der Waals surface area (Å²) in [6.45, 7) is 5.75. The first-order chi connectivity index (χ1) is 7.61. The summed E-state index contributed by atoms with van der Waals surface area (Å²) in [5.41, 5.74) is 7.52. The van der Waals surface area contributed by atoms with Gasteiger partial charge in [0.25, 0.3) is 0 Å². The van der Waals surface area contributed by atoms with E-state index in [0.717, 1.165) is 24.3 Å². The highest BCUT2D eigenvalue weighted by molar-refractivity contribution is 5.47. The van der Waals surface area contributed by atoms with E-state index in [4.69, 9.17) is 15.2 Å². The third-order valence-corrected chi connectivity index (χ3v) is 2.33. The average Bonchev–Trinajstić information content (AvgIpc) is 2.23. The van der Waals surface area contributed by atoms with E-state index in [9.17, 15) is 0 Å². The zero-order valence-corrected chi connectivity index (χ0v) is 10.3. The summed E-state index contributed by atoms with van der Waals surface area (Å²) < 4.78 is 10.7. The SMILES string of the molecule is COc1cc(N)cc(COCCC(C)C)c1. The number of nitrogen functional groups attached to an aromatic ring is 1. The number of anilines is 1. The third-order valence-electron chi connectivity index (χ3n) is 2.33. The number of hydrogen-bond acceptors (Lipinski definition) is 3. The number of rotatable bonds is 6. The molecule has 90 valence electrons. The van der Waals surface area contributed by atoms with Crippen LogP contribution in [0.3, 0.4) is 0 Å². The summed E-state index contributed by atoms with van der Waals surface area (Å²) in [5.74, 6) is 1.46. The first-order valence-corrected chi connectivity index (χ1v) is 5.63. The van der Waals surface area contributed by atoms with Gasteiger partial charge in [0.1, 0.15) is 5.75 Å². The van der Waals surface area contributed by atoms with Crippen LogP contribution >= 0.6 is 0 Å². The molecule has 0 radical (unpaired) electrons. The molecule has 0 saturated carbocycles. The number of ether oxygens (including phenoxy) is 2. The summed E-state index contributed by atoms with van der Waals surface area (Å²) in [6, 6.07) is 5.67. The molecule has 0 aliphatic rings. The largest absolute Gasteiger partial charge is 0.497 e. The monoisotopic (exact) mass is 223 g/mol. The fraction of sp³-hybridized carbons (Fsp3) is 0.538. The second kappa shape index (κ2) is 6.38. The Balaban J connectivity index is 2.44. The van der Waals surface area contributed by atoms with Crippen LogP contribution in [0.25, 0.3) is 0 Å². The predicted molar refractivity (Wildman–Crippen MR) is 66.5 cm³/mol. The van der Waals surface area contributed by atoms with Crippen LogP contribution in [-0.2, 0) is 11.3 Å². The molecule has 3 heteroatoms. The molecule has 3 nitrogen and oxygen atoms in total. The zero-order chi connectivity index (χ0) is 12.0. The third kappa shape index (κ3) is 4.53. The van der Waals surface area contributed by atoms with Crippen molar-refractivity contribution in [1.29, 1.82) is 0 Å². The Bertz CT molecular complexity index is 324. The minimum absolute atomic E-state index is 0.591. The van der Waals surface area contributed by atoms with Gasteiger partial charge in [-0.25, -0.2) is 0 Å². The van der Waals surface area contributed by atoms with Gasteiger partial charge in [-0.3, -0.25) is 0 Å². The van der Waals surface area contributed by atoms with E-state index in [2.05, 4.69) is 13.8 Å². The number of hydrogen-bond donors (Lipinski definition) is 1. The van der Waals surface area contributed by atoms with Crippen molar-refractivity contribution in [3.05, 3.63) is 23.8 Å². The maximum atomic E-state index is 5.75. The molecule has 0 aliphatic heterocycles. The Kier molecular flexibility index (Phi) is 5.12.